The maximum Gasteiger partial charge on any atom is 0.300 e. The Morgan fingerprint density at radius 3 is 2.32 bits per heavy atom. The second-order valence-electron chi connectivity index (χ2n) is 6.83. The van der Waals surface area contributed by atoms with Crippen LogP contribution in [0.2, 0.25) is 0 Å². The van der Waals surface area contributed by atoms with Crippen molar-refractivity contribution in [3.8, 4) is 0 Å². The van der Waals surface area contributed by atoms with Gasteiger partial charge in [0.05, 0.1) is 22.2 Å². The molecule has 0 radical (unpaired) electrons. The van der Waals surface area contributed by atoms with Crippen LogP contribution in [0.3, 0.4) is 0 Å². The number of hydrogen-bond acceptors (Lipinski definition) is 5. The van der Waals surface area contributed by atoms with Crippen LogP contribution in [-0.2, 0) is 9.59 Å². The number of non-ortho nitro benzene ring substituents is 1. The fourth-order valence-corrected chi connectivity index (χ4v) is 3.60. The summed E-state index contributed by atoms with van der Waals surface area (Å²) < 4.78 is 14.8. The molecule has 3 aromatic rings. The predicted octanol–water partition coefficient (Wildman–Crippen LogP) is 4.36. The zero-order valence-corrected chi connectivity index (χ0v) is 15.9. The van der Waals surface area contributed by atoms with Gasteiger partial charge in [-0.3, -0.25) is 24.6 Å². The summed E-state index contributed by atoms with van der Waals surface area (Å²) in [6.45, 7) is 0. The highest BCUT2D eigenvalue weighted by Crippen LogP contribution is 2.43. The van der Waals surface area contributed by atoms with Gasteiger partial charge in [-0.2, -0.15) is 0 Å². The number of carbonyl (C=O) groups excluding carboxylic acids is 2. The van der Waals surface area contributed by atoms with Gasteiger partial charge < -0.3 is 5.11 Å². The minimum atomic E-state index is -1.30. The molecule has 1 aliphatic heterocycles. The van der Waals surface area contributed by atoms with Gasteiger partial charge in [0, 0.05) is 23.3 Å². The van der Waals surface area contributed by atoms with Crippen molar-refractivity contribution in [1.82, 2.24) is 0 Å². The van der Waals surface area contributed by atoms with E-state index in [0.29, 0.717) is 0 Å². The van der Waals surface area contributed by atoms with Crippen LogP contribution in [0.1, 0.15) is 17.2 Å². The van der Waals surface area contributed by atoms with E-state index in [1.807, 2.05) is 0 Å². The highest BCUT2D eigenvalue weighted by molar-refractivity contribution is 6.51. The van der Waals surface area contributed by atoms with E-state index in [1.54, 1.807) is 30.3 Å². The number of amides is 1. The third kappa shape index (κ3) is 3.44. The summed E-state index contributed by atoms with van der Waals surface area (Å²) in [7, 11) is 0. The molecule has 1 aliphatic rings. The molecule has 154 valence electrons. The van der Waals surface area contributed by atoms with Crippen LogP contribution >= 0.6 is 0 Å². The molecule has 31 heavy (non-hydrogen) atoms. The molecule has 7 nitrogen and oxygen atoms in total. The molecule has 8 heteroatoms. The van der Waals surface area contributed by atoms with E-state index in [9.17, 15) is 29.2 Å². The molecule has 0 spiro atoms. The molecular formula is C23H15FN2O5. The van der Waals surface area contributed by atoms with Crippen molar-refractivity contribution in [1.29, 1.82) is 0 Å². The van der Waals surface area contributed by atoms with Gasteiger partial charge in [0.25, 0.3) is 17.4 Å². The molecule has 0 aliphatic carbocycles. The van der Waals surface area contributed by atoms with Crippen LogP contribution in [0.5, 0.6) is 0 Å². The Balaban J connectivity index is 1.98. The molecule has 1 heterocycles. The maximum atomic E-state index is 14.8. The molecule has 4 rings (SSSR count). The van der Waals surface area contributed by atoms with E-state index in [4.69, 9.17) is 0 Å². The number of hydrogen-bond donors (Lipinski definition) is 1. The van der Waals surface area contributed by atoms with Gasteiger partial charge in [0.1, 0.15) is 11.6 Å². The number of nitrogens with zero attached hydrogens (tertiary/aromatic N) is 2. The number of aliphatic hydroxyl groups is 1. The Kier molecular flexibility index (Phi) is 5.04. The Morgan fingerprint density at radius 2 is 1.65 bits per heavy atom. The van der Waals surface area contributed by atoms with Crippen molar-refractivity contribution in [2.45, 2.75) is 6.04 Å². The third-order valence-corrected chi connectivity index (χ3v) is 5.01. The number of aliphatic hydroxyl groups excluding tert-OH is 1. The highest BCUT2D eigenvalue weighted by atomic mass is 19.1. The molecule has 0 bridgehead atoms. The summed E-state index contributed by atoms with van der Waals surface area (Å²) in [5.74, 6) is -3.18. The molecule has 0 saturated carbocycles. The van der Waals surface area contributed by atoms with Crippen LogP contribution < -0.4 is 4.90 Å². The van der Waals surface area contributed by atoms with Gasteiger partial charge in [-0.15, -0.1) is 0 Å². The van der Waals surface area contributed by atoms with Crippen LogP contribution in [0.25, 0.3) is 5.76 Å². The lowest BCUT2D eigenvalue weighted by atomic mass is 9.94. The van der Waals surface area contributed by atoms with Gasteiger partial charge in [-0.1, -0.05) is 54.6 Å². The number of anilines is 1. The minimum Gasteiger partial charge on any atom is -0.507 e. The monoisotopic (exact) mass is 418 g/mol. The number of halogens is 1. The first-order chi connectivity index (χ1) is 14.9. The molecule has 1 fully saturated rings. The fraction of sp³-hybridized carbons (Fsp3) is 0.0435. The standard InChI is InChI=1S/C23H15FN2O5/c24-18-12-5-4-11-17(18)20-19(21(27)14-7-2-1-3-8-14)22(28)23(29)25(20)15-9-6-10-16(13-15)26(30)31/h1-13,20,27H. The topological polar surface area (TPSA) is 101 Å². The van der Waals surface area contributed by atoms with Crippen molar-refractivity contribution >= 4 is 28.8 Å². The van der Waals surface area contributed by atoms with Crippen molar-refractivity contribution in [3.63, 3.8) is 0 Å². The Labute approximate surface area is 175 Å². The van der Waals surface area contributed by atoms with Crippen LogP contribution in [-0.4, -0.2) is 21.7 Å². The lowest BCUT2D eigenvalue weighted by Crippen LogP contribution is -2.29. The van der Waals surface area contributed by atoms with Crippen molar-refractivity contribution in [2.75, 3.05) is 4.90 Å². The van der Waals surface area contributed by atoms with Gasteiger partial charge in [-0.25, -0.2) is 4.39 Å². The van der Waals surface area contributed by atoms with E-state index < -0.39 is 34.2 Å². The van der Waals surface area contributed by atoms with E-state index in [1.165, 1.54) is 42.5 Å². The summed E-state index contributed by atoms with van der Waals surface area (Å²) in [6, 6.07) is 17.5. The normalized spacial score (nSPS) is 17.7. The summed E-state index contributed by atoms with van der Waals surface area (Å²) in [6.07, 6.45) is 0. The quantitative estimate of drug-likeness (QED) is 0.223. The summed E-state index contributed by atoms with van der Waals surface area (Å²) >= 11 is 0. The summed E-state index contributed by atoms with van der Waals surface area (Å²) in [5.41, 5.74) is -0.300. The van der Waals surface area contributed by atoms with Gasteiger partial charge in [0.2, 0.25) is 0 Å². The van der Waals surface area contributed by atoms with E-state index in [2.05, 4.69) is 0 Å². The van der Waals surface area contributed by atoms with Gasteiger partial charge in [-0.05, 0) is 12.1 Å². The highest BCUT2D eigenvalue weighted by Gasteiger charge is 2.48. The van der Waals surface area contributed by atoms with Crippen LogP contribution in [0.4, 0.5) is 15.8 Å². The second-order valence-corrected chi connectivity index (χ2v) is 6.83. The van der Waals surface area contributed by atoms with Gasteiger partial charge >= 0.3 is 0 Å². The molecule has 1 atom stereocenters. The Bertz CT molecular complexity index is 1240. The zero-order valence-electron chi connectivity index (χ0n) is 15.9. The number of rotatable bonds is 4. The summed E-state index contributed by atoms with van der Waals surface area (Å²) in [4.78, 5) is 37.5. The first-order valence-corrected chi connectivity index (χ1v) is 9.25. The summed E-state index contributed by atoms with van der Waals surface area (Å²) in [5, 5.41) is 22.1. The molecule has 1 amide bonds. The Morgan fingerprint density at radius 1 is 0.968 bits per heavy atom. The fourth-order valence-electron chi connectivity index (χ4n) is 3.60. The molecule has 3 aromatic carbocycles. The molecular weight excluding hydrogens is 403 g/mol. The number of nitro groups is 1. The molecule has 0 aromatic heterocycles. The largest absolute Gasteiger partial charge is 0.507 e. The first-order valence-electron chi connectivity index (χ1n) is 9.25. The molecule has 1 saturated heterocycles. The predicted molar refractivity (Wildman–Crippen MR) is 111 cm³/mol. The average Bonchev–Trinajstić information content (AvgIpc) is 3.04. The number of Topliss-reactive ketones (excluding diaryl/α,β-unsaturated/α-hetero) is 1. The SMILES string of the molecule is O=C1C(=O)N(c2cccc([N+](=O)[O-])c2)C(c2ccccc2F)C1=C(O)c1ccccc1. The van der Waals surface area contributed by atoms with Crippen LogP contribution in [0, 0.1) is 15.9 Å². The van der Waals surface area contributed by atoms with E-state index in [0.717, 1.165) is 11.0 Å². The first kappa shape index (κ1) is 20.0. The number of nitro benzene ring substituents is 1. The lowest BCUT2D eigenvalue weighted by Gasteiger charge is -2.25. The minimum absolute atomic E-state index is 0.0225. The van der Waals surface area contributed by atoms with Gasteiger partial charge in [0.15, 0.2) is 0 Å². The number of carbonyl (C=O) groups is 2. The smallest absolute Gasteiger partial charge is 0.300 e. The van der Waals surface area contributed by atoms with E-state index >= 15 is 0 Å². The lowest BCUT2D eigenvalue weighted by molar-refractivity contribution is -0.384. The maximum absolute atomic E-state index is 14.8. The Hall–Kier alpha value is -4.33. The van der Waals surface area contributed by atoms with Crippen molar-refractivity contribution in [3.05, 3.63) is 111 Å². The van der Waals surface area contributed by atoms with Crippen LogP contribution in [0.15, 0.2) is 84.4 Å². The number of benzene rings is 3. The third-order valence-electron chi connectivity index (χ3n) is 5.01. The second kappa shape index (κ2) is 7.83. The molecule has 1 N–H and O–H groups in total. The molecule has 1 unspecified atom stereocenters. The van der Waals surface area contributed by atoms with E-state index in [-0.39, 0.29) is 28.1 Å². The van der Waals surface area contributed by atoms with Crippen molar-refractivity contribution < 1.29 is 24.0 Å². The zero-order chi connectivity index (χ0) is 22.1. The number of ketones is 1. The van der Waals surface area contributed by atoms with Crippen molar-refractivity contribution in [2.24, 2.45) is 0 Å². The average molecular weight is 418 g/mol.